The van der Waals surface area contributed by atoms with Crippen LogP contribution in [0.15, 0.2) is 78.9 Å². The van der Waals surface area contributed by atoms with Gasteiger partial charge in [0.2, 0.25) is 5.91 Å². The fourth-order valence-corrected chi connectivity index (χ4v) is 10.0. The van der Waals surface area contributed by atoms with E-state index in [4.69, 9.17) is 23.8 Å². The minimum Gasteiger partial charge on any atom is -0.508 e. The van der Waals surface area contributed by atoms with E-state index in [0.717, 1.165) is 55.2 Å². The van der Waals surface area contributed by atoms with E-state index >= 15 is 4.79 Å². The van der Waals surface area contributed by atoms with Crippen molar-refractivity contribution in [3.8, 4) is 5.75 Å². The Hall–Kier alpha value is -5.12. The van der Waals surface area contributed by atoms with Gasteiger partial charge in [-0.15, -0.1) is 0 Å². The van der Waals surface area contributed by atoms with Crippen LogP contribution in [0.25, 0.3) is 6.08 Å². The van der Waals surface area contributed by atoms with Crippen molar-refractivity contribution in [2.24, 2.45) is 5.41 Å². The third kappa shape index (κ3) is 11.6. The molecule has 4 aliphatic rings. The van der Waals surface area contributed by atoms with Crippen LogP contribution < -0.4 is 10.6 Å². The molecule has 1 aliphatic carbocycles. The lowest BCUT2D eigenvalue weighted by Gasteiger charge is -2.48. The molecule has 2 bridgehead atoms. The summed E-state index contributed by atoms with van der Waals surface area (Å²) in [6.07, 6.45) is 9.10. The minimum atomic E-state index is -1.42. The van der Waals surface area contributed by atoms with Crippen molar-refractivity contribution in [2.45, 2.75) is 173 Å². The van der Waals surface area contributed by atoms with E-state index in [0.29, 0.717) is 30.4 Å². The Kier molecular flexibility index (Phi) is 16.3. The molecule has 3 saturated heterocycles. The first-order chi connectivity index (χ1) is 32.2. The number of carbonyl (C=O) groups is 4. The Morgan fingerprint density at radius 3 is 2.33 bits per heavy atom. The van der Waals surface area contributed by atoms with Crippen LogP contribution in [-0.2, 0) is 57.7 Å². The number of nitrogens with zero attached hydrogens (tertiary/aromatic N) is 1. The highest BCUT2D eigenvalue weighted by atomic mass is 16.8. The van der Waals surface area contributed by atoms with Crippen molar-refractivity contribution in [3.05, 3.63) is 107 Å². The molecule has 14 heteroatoms. The number of carbonyl (C=O) groups excluding carboxylic acids is 4. The number of unbranched alkanes of at least 4 members (excludes halogenated alkanes) is 4. The fourth-order valence-electron chi connectivity index (χ4n) is 10.0. The minimum absolute atomic E-state index is 0.0238. The zero-order valence-electron chi connectivity index (χ0n) is 39.7. The number of aliphatic hydroxyl groups excluding tert-OH is 1. The summed E-state index contributed by atoms with van der Waals surface area (Å²) in [5.74, 6) is -2.51. The summed E-state index contributed by atoms with van der Waals surface area (Å²) in [4.78, 5) is 62.3. The van der Waals surface area contributed by atoms with Crippen molar-refractivity contribution in [1.29, 1.82) is 0 Å². The SMILES string of the molecule is CCCCCC1(CCCCC)O[C@@H]2[C@H](O1)[C@H]1ON(Cc3ccccc3C=CCc3ccccc3O)[C@@H]3C(=O)O[C@@H]2C[C@]13C(=O)NCc1cccc(C(=O)N[C@H](CO)CCC(=O)OC(C)(C)C)c1. The highest BCUT2D eigenvalue weighted by Crippen LogP contribution is 2.58. The molecule has 3 aliphatic heterocycles. The van der Waals surface area contributed by atoms with E-state index in [2.05, 4.69) is 24.5 Å². The second kappa shape index (κ2) is 21.9. The van der Waals surface area contributed by atoms with Crippen LogP contribution in [-0.4, -0.2) is 93.5 Å². The van der Waals surface area contributed by atoms with Crippen LogP contribution in [0.4, 0.5) is 0 Å². The molecule has 14 nitrogen and oxygen atoms in total. The Morgan fingerprint density at radius 1 is 0.925 bits per heavy atom. The summed E-state index contributed by atoms with van der Waals surface area (Å²) in [6, 6.07) is 20.0. The highest BCUT2D eigenvalue weighted by Gasteiger charge is 2.76. The van der Waals surface area contributed by atoms with Gasteiger partial charge in [0.1, 0.15) is 41.2 Å². The summed E-state index contributed by atoms with van der Waals surface area (Å²) < 4.78 is 25.7. The number of esters is 2. The predicted octanol–water partition coefficient (Wildman–Crippen LogP) is 7.62. The van der Waals surface area contributed by atoms with Gasteiger partial charge in [0, 0.05) is 37.8 Å². The van der Waals surface area contributed by atoms with Gasteiger partial charge in [-0.1, -0.05) is 106 Å². The predicted molar refractivity (Wildman–Crippen MR) is 251 cm³/mol. The standard InChI is InChI=1S/C53H69N3O11/c1-6-8-14-28-52(29-15-9-7-2)65-44-42-31-53(50(62)54-32-35-18-16-24-38(30-35)48(60)55-40(34-57)26-27-43(59)64-51(3,4)5)46(49(61)63-42)56(67-47(53)45(44)66-52)33-39-21-11-10-19-36(39)22-17-23-37-20-12-13-25-41(37)58/h10-13,16-22,24-25,30,40,42,44-47,57-58H,6-9,14-15,23,26-29,31-34H2,1-5H3,(H,54,62)(H,55,60)/t40-,42+,44-,45-,46+,47+,53+/m0/s1. The van der Waals surface area contributed by atoms with E-state index < -0.39 is 77.1 Å². The molecule has 3 aromatic carbocycles. The number of benzene rings is 3. The molecule has 3 heterocycles. The number of fused-ring (bicyclic) bond motifs is 4. The van der Waals surface area contributed by atoms with Crippen molar-refractivity contribution in [3.63, 3.8) is 0 Å². The van der Waals surface area contributed by atoms with Gasteiger partial charge in [0.15, 0.2) is 11.8 Å². The van der Waals surface area contributed by atoms with E-state index in [1.54, 1.807) is 62.2 Å². The lowest BCUT2D eigenvalue weighted by molar-refractivity contribution is -0.224. The number of allylic oxidation sites excluding steroid dienone is 1. The van der Waals surface area contributed by atoms with Crippen LogP contribution in [0.5, 0.6) is 5.75 Å². The first kappa shape index (κ1) is 49.8. The molecule has 4 N–H and O–H groups in total. The first-order valence-electron chi connectivity index (χ1n) is 24.2. The molecule has 7 rings (SSSR count). The van der Waals surface area contributed by atoms with Crippen molar-refractivity contribution < 1.29 is 53.2 Å². The molecule has 67 heavy (non-hydrogen) atoms. The highest BCUT2D eigenvalue weighted by molar-refractivity contribution is 5.95. The molecule has 0 aromatic heterocycles. The van der Waals surface area contributed by atoms with Crippen LogP contribution in [0.3, 0.4) is 0 Å². The fraction of sp³-hybridized carbons (Fsp3) is 0.547. The van der Waals surface area contributed by atoms with Crippen LogP contribution in [0, 0.1) is 5.41 Å². The Bertz CT molecular complexity index is 2230. The number of para-hydroxylation sites is 1. The molecule has 7 atom stereocenters. The summed E-state index contributed by atoms with van der Waals surface area (Å²) in [5.41, 5.74) is 1.42. The number of aromatic hydroxyl groups is 1. The molecule has 4 fully saturated rings. The molecule has 3 aromatic rings. The Labute approximate surface area is 394 Å². The normalized spacial score (nSPS) is 24.5. The number of aliphatic hydroxyl groups is 1. The van der Waals surface area contributed by atoms with E-state index in [1.165, 1.54) is 0 Å². The van der Waals surface area contributed by atoms with Crippen molar-refractivity contribution in [2.75, 3.05) is 6.61 Å². The molecule has 362 valence electrons. The van der Waals surface area contributed by atoms with Gasteiger partial charge in [0.25, 0.3) is 5.91 Å². The maximum Gasteiger partial charge on any atom is 0.327 e. The molecule has 1 saturated carbocycles. The zero-order valence-corrected chi connectivity index (χ0v) is 39.7. The Morgan fingerprint density at radius 2 is 1.63 bits per heavy atom. The smallest absolute Gasteiger partial charge is 0.327 e. The summed E-state index contributed by atoms with van der Waals surface area (Å²) >= 11 is 0. The maximum atomic E-state index is 15.2. The van der Waals surface area contributed by atoms with E-state index in [-0.39, 0.29) is 44.7 Å². The van der Waals surface area contributed by atoms with Gasteiger partial charge in [-0.25, -0.2) is 0 Å². The number of phenols is 1. The van der Waals surface area contributed by atoms with Gasteiger partial charge in [0.05, 0.1) is 19.2 Å². The van der Waals surface area contributed by atoms with Crippen LogP contribution in [0.2, 0.25) is 0 Å². The summed E-state index contributed by atoms with van der Waals surface area (Å²) in [6.45, 7) is 9.47. The molecular formula is C53H69N3O11. The number of phenolic OH excluding ortho intramolecular Hbond substituents is 1. The van der Waals surface area contributed by atoms with Gasteiger partial charge in [-0.05, 0) is 86.9 Å². The molecule has 2 amide bonds. The summed E-state index contributed by atoms with van der Waals surface area (Å²) in [7, 11) is 0. The Balaban J connectivity index is 1.14. The second-order valence-corrected chi connectivity index (χ2v) is 19.5. The number of hydrogen-bond acceptors (Lipinski definition) is 12. The number of hydroxylamine groups is 2. The molecule has 0 radical (unpaired) electrons. The third-order valence-corrected chi connectivity index (χ3v) is 13.3. The van der Waals surface area contributed by atoms with Crippen LogP contribution >= 0.6 is 0 Å². The lowest BCUT2D eigenvalue weighted by Crippen LogP contribution is -2.69. The monoisotopic (exact) mass is 923 g/mol. The number of nitrogens with one attached hydrogen (secondary N) is 2. The lowest BCUT2D eigenvalue weighted by atomic mass is 9.62. The van der Waals surface area contributed by atoms with Gasteiger partial charge < -0.3 is 39.8 Å². The van der Waals surface area contributed by atoms with Crippen LogP contribution in [0.1, 0.15) is 138 Å². The molecular weight excluding hydrogens is 855 g/mol. The van der Waals surface area contributed by atoms with Gasteiger partial charge in [-0.3, -0.25) is 24.0 Å². The number of hydrogen-bond donors (Lipinski definition) is 4. The number of amides is 2. The topological polar surface area (TPSA) is 182 Å². The first-order valence-corrected chi connectivity index (χ1v) is 24.2. The average Bonchev–Trinajstić information content (AvgIpc) is 3.86. The zero-order chi connectivity index (χ0) is 47.8. The summed E-state index contributed by atoms with van der Waals surface area (Å²) in [5, 5.41) is 27.9. The van der Waals surface area contributed by atoms with Gasteiger partial charge in [-0.2, -0.15) is 5.06 Å². The van der Waals surface area contributed by atoms with E-state index in [9.17, 15) is 24.6 Å². The number of ether oxygens (including phenoxy) is 4. The van der Waals surface area contributed by atoms with Gasteiger partial charge >= 0.3 is 11.9 Å². The second-order valence-electron chi connectivity index (χ2n) is 19.5. The largest absolute Gasteiger partial charge is 0.508 e. The van der Waals surface area contributed by atoms with Crippen molar-refractivity contribution >= 4 is 29.8 Å². The third-order valence-electron chi connectivity index (χ3n) is 13.3. The van der Waals surface area contributed by atoms with E-state index in [1.807, 2.05) is 48.6 Å². The molecule has 0 spiro atoms. The number of rotatable bonds is 22. The molecule has 0 unspecified atom stereocenters. The van der Waals surface area contributed by atoms with Crippen molar-refractivity contribution in [1.82, 2.24) is 15.7 Å². The quantitative estimate of drug-likeness (QED) is 0.0573. The average molecular weight is 924 g/mol. The maximum absolute atomic E-state index is 15.2.